The van der Waals surface area contributed by atoms with Gasteiger partial charge < -0.3 is 10.5 Å². The van der Waals surface area contributed by atoms with Crippen molar-refractivity contribution in [2.24, 2.45) is 17.6 Å². The number of carbonyl (C=O) groups excluding carboxylic acids is 3. The molecule has 1 aliphatic carbocycles. The Morgan fingerprint density at radius 2 is 1.78 bits per heavy atom. The molecule has 0 aromatic carbocycles. The summed E-state index contributed by atoms with van der Waals surface area (Å²) in [6, 6.07) is 0. The van der Waals surface area contributed by atoms with Gasteiger partial charge in [-0.1, -0.05) is 12.8 Å². The first kappa shape index (κ1) is 12.7. The minimum Gasteiger partial charge on any atom is -0.446 e. The zero-order valence-corrected chi connectivity index (χ0v) is 9.98. The highest BCUT2D eigenvalue weighted by Crippen LogP contribution is 2.31. The maximum Gasteiger partial charge on any atom is 0.404 e. The summed E-state index contributed by atoms with van der Waals surface area (Å²) in [4.78, 5) is 34.5. The quantitative estimate of drug-likeness (QED) is 0.603. The molecule has 1 saturated carbocycles. The molecule has 1 aliphatic heterocycles. The number of primary amides is 1. The lowest BCUT2D eigenvalue weighted by Crippen LogP contribution is -2.60. The van der Waals surface area contributed by atoms with Crippen LogP contribution < -0.4 is 16.6 Å². The Labute approximate surface area is 104 Å². The van der Waals surface area contributed by atoms with E-state index in [1.165, 1.54) is 0 Å². The van der Waals surface area contributed by atoms with Crippen LogP contribution in [-0.2, 0) is 14.3 Å². The molecule has 0 aromatic heterocycles. The summed E-state index contributed by atoms with van der Waals surface area (Å²) in [5.41, 5.74) is 9.68. The zero-order chi connectivity index (χ0) is 13.1. The number of nitrogens with two attached hydrogens (primary N) is 1. The highest BCUT2D eigenvalue weighted by atomic mass is 16.6. The smallest absolute Gasteiger partial charge is 0.404 e. The minimum absolute atomic E-state index is 0.223. The normalized spacial score (nSPS) is 32.3. The van der Waals surface area contributed by atoms with Gasteiger partial charge in [0.15, 0.2) is 0 Å². The predicted octanol–water partition coefficient (Wildman–Crippen LogP) is -0.192. The van der Waals surface area contributed by atoms with Crippen molar-refractivity contribution in [2.75, 3.05) is 0 Å². The van der Waals surface area contributed by atoms with Crippen molar-refractivity contribution in [1.82, 2.24) is 10.9 Å². The summed E-state index contributed by atoms with van der Waals surface area (Å²) in [6.07, 6.45) is 2.38. The third kappa shape index (κ3) is 2.55. The van der Waals surface area contributed by atoms with Crippen LogP contribution in [0.25, 0.3) is 0 Å². The first-order valence-corrected chi connectivity index (χ1v) is 6.15. The fourth-order valence-corrected chi connectivity index (χ4v) is 2.73. The average molecular weight is 255 g/mol. The van der Waals surface area contributed by atoms with E-state index in [-0.39, 0.29) is 11.8 Å². The van der Waals surface area contributed by atoms with E-state index in [0.29, 0.717) is 12.8 Å². The topological polar surface area (TPSA) is 111 Å². The number of hydrogen-bond acceptors (Lipinski definition) is 4. The van der Waals surface area contributed by atoms with Crippen LogP contribution >= 0.6 is 0 Å². The minimum atomic E-state index is -0.905. The average Bonchev–Trinajstić information content (AvgIpc) is 2.27. The van der Waals surface area contributed by atoms with E-state index in [2.05, 4.69) is 10.9 Å². The number of rotatable bonds is 1. The van der Waals surface area contributed by atoms with Crippen molar-refractivity contribution >= 4 is 17.9 Å². The highest BCUT2D eigenvalue weighted by molar-refractivity contribution is 5.93. The van der Waals surface area contributed by atoms with Crippen LogP contribution in [0.4, 0.5) is 4.79 Å². The third-order valence-electron chi connectivity index (χ3n) is 3.55. The Morgan fingerprint density at radius 1 is 1.11 bits per heavy atom. The summed E-state index contributed by atoms with van der Waals surface area (Å²) in [5, 5.41) is 0. The van der Waals surface area contributed by atoms with Gasteiger partial charge in [0.2, 0.25) is 11.8 Å². The van der Waals surface area contributed by atoms with Crippen molar-refractivity contribution in [3.8, 4) is 0 Å². The molecular formula is C11H17N3O4. The number of fused-ring (bicyclic) bond motifs is 1. The standard InChI is InChI=1S/C11H17N3O4/c12-11(17)18-7-5-3-1-2-4-6-8(7)10(16)14-13-9(6)15/h6-8H,1-5H2,(H2,12,17)(H,13,15)(H,14,16). The molecule has 2 rings (SSSR count). The Hall–Kier alpha value is -1.79. The molecule has 18 heavy (non-hydrogen) atoms. The number of amides is 3. The van der Waals surface area contributed by atoms with Gasteiger partial charge in [-0.05, 0) is 19.3 Å². The molecule has 3 unspecified atom stereocenters. The maximum atomic E-state index is 11.9. The van der Waals surface area contributed by atoms with Crippen LogP contribution in [0.3, 0.4) is 0 Å². The molecule has 1 saturated heterocycles. The molecule has 2 fully saturated rings. The van der Waals surface area contributed by atoms with Crippen molar-refractivity contribution in [3.05, 3.63) is 0 Å². The van der Waals surface area contributed by atoms with Crippen LogP contribution in [0.1, 0.15) is 32.1 Å². The molecule has 0 bridgehead atoms. The Kier molecular flexibility index (Phi) is 3.69. The summed E-state index contributed by atoms with van der Waals surface area (Å²) in [6.45, 7) is 0. The van der Waals surface area contributed by atoms with Crippen LogP contribution in [0.5, 0.6) is 0 Å². The molecule has 1 heterocycles. The second kappa shape index (κ2) is 5.24. The number of ether oxygens (including phenoxy) is 1. The van der Waals surface area contributed by atoms with Crippen LogP contribution in [-0.4, -0.2) is 24.0 Å². The maximum absolute atomic E-state index is 11.9. The molecule has 7 nitrogen and oxygen atoms in total. The zero-order valence-electron chi connectivity index (χ0n) is 9.98. The second-order valence-corrected chi connectivity index (χ2v) is 4.72. The summed E-state index contributed by atoms with van der Waals surface area (Å²) < 4.78 is 5.01. The van der Waals surface area contributed by atoms with Gasteiger partial charge in [0.1, 0.15) is 6.10 Å². The van der Waals surface area contributed by atoms with E-state index >= 15 is 0 Å². The first-order valence-electron chi connectivity index (χ1n) is 6.15. The summed E-state index contributed by atoms with van der Waals surface area (Å²) in [7, 11) is 0. The summed E-state index contributed by atoms with van der Waals surface area (Å²) >= 11 is 0. The number of hydrogen-bond donors (Lipinski definition) is 3. The van der Waals surface area contributed by atoms with Gasteiger partial charge in [-0.25, -0.2) is 4.79 Å². The molecule has 0 aromatic rings. The molecule has 3 amide bonds. The molecule has 0 radical (unpaired) electrons. The SMILES string of the molecule is NC(=O)OC1CCCCCC2C(=O)NNC(=O)C12. The first-order chi connectivity index (χ1) is 8.59. The van der Waals surface area contributed by atoms with Crippen molar-refractivity contribution in [3.63, 3.8) is 0 Å². The monoisotopic (exact) mass is 255 g/mol. The van der Waals surface area contributed by atoms with Crippen LogP contribution in [0.15, 0.2) is 0 Å². The largest absolute Gasteiger partial charge is 0.446 e. The lowest BCUT2D eigenvalue weighted by molar-refractivity contribution is -0.149. The van der Waals surface area contributed by atoms with Gasteiger partial charge in [-0.15, -0.1) is 0 Å². The second-order valence-electron chi connectivity index (χ2n) is 4.72. The van der Waals surface area contributed by atoms with Gasteiger partial charge in [0.05, 0.1) is 11.8 Å². The van der Waals surface area contributed by atoms with E-state index in [4.69, 9.17) is 10.5 Å². The van der Waals surface area contributed by atoms with Crippen molar-refractivity contribution < 1.29 is 19.1 Å². The van der Waals surface area contributed by atoms with Gasteiger partial charge in [-0.3, -0.25) is 20.4 Å². The van der Waals surface area contributed by atoms with E-state index < -0.39 is 24.0 Å². The van der Waals surface area contributed by atoms with Gasteiger partial charge in [-0.2, -0.15) is 0 Å². The Bertz CT molecular complexity index is 371. The molecule has 2 aliphatic rings. The Balaban J connectivity index is 2.22. The van der Waals surface area contributed by atoms with Gasteiger partial charge in [0.25, 0.3) is 0 Å². The van der Waals surface area contributed by atoms with Crippen molar-refractivity contribution in [1.29, 1.82) is 0 Å². The molecule has 7 heteroatoms. The van der Waals surface area contributed by atoms with E-state index in [1.807, 2.05) is 0 Å². The summed E-state index contributed by atoms with van der Waals surface area (Å²) in [5.74, 6) is -1.61. The fourth-order valence-electron chi connectivity index (χ4n) is 2.73. The number of hydrazine groups is 1. The molecule has 100 valence electrons. The third-order valence-corrected chi connectivity index (χ3v) is 3.55. The Morgan fingerprint density at radius 3 is 2.50 bits per heavy atom. The van der Waals surface area contributed by atoms with Gasteiger partial charge in [0, 0.05) is 0 Å². The number of carbonyl (C=O) groups is 3. The number of nitrogens with one attached hydrogen (secondary N) is 2. The molecule has 0 spiro atoms. The van der Waals surface area contributed by atoms with Gasteiger partial charge >= 0.3 is 6.09 Å². The fraction of sp³-hybridized carbons (Fsp3) is 0.727. The molecule has 4 N–H and O–H groups in total. The van der Waals surface area contributed by atoms with E-state index in [1.54, 1.807) is 0 Å². The van der Waals surface area contributed by atoms with Crippen LogP contribution in [0, 0.1) is 11.8 Å². The molecule has 3 atom stereocenters. The van der Waals surface area contributed by atoms with E-state index in [9.17, 15) is 14.4 Å². The predicted molar refractivity (Wildman–Crippen MR) is 60.8 cm³/mol. The molecular weight excluding hydrogens is 238 g/mol. The lowest BCUT2D eigenvalue weighted by Gasteiger charge is -2.36. The highest BCUT2D eigenvalue weighted by Gasteiger charge is 2.44. The van der Waals surface area contributed by atoms with E-state index in [0.717, 1.165) is 19.3 Å². The van der Waals surface area contributed by atoms with Crippen LogP contribution in [0.2, 0.25) is 0 Å². The van der Waals surface area contributed by atoms with Crippen molar-refractivity contribution in [2.45, 2.75) is 38.2 Å². The lowest BCUT2D eigenvalue weighted by atomic mass is 9.78.